The fourth-order valence-electron chi connectivity index (χ4n) is 1.46. The van der Waals surface area contributed by atoms with Gasteiger partial charge in [0.05, 0.1) is 13.4 Å². The molecule has 16 heavy (non-hydrogen) atoms. The van der Waals surface area contributed by atoms with E-state index in [1.807, 2.05) is 25.2 Å². The van der Waals surface area contributed by atoms with Crippen LogP contribution in [-0.4, -0.2) is 16.7 Å². The van der Waals surface area contributed by atoms with Crippen molar-refractivity contribution in [2.75, 3.05) is 12.8 Å². The van der Waals surface area contributed by atoms with E-state index in [0.717, 1.165) is 21.5 Å². The Morgan fingerprint density at radius 3 is 2.75 bits per heavy atom. The van der Waals surface area contributed by atoms with E-state index < -0.39 is 0 Å². The Hall–Kier alpha value is -1.49. The summed E-state index contributed by atoms with van der Waals surface area (Å²) in [4.78, 5) is 4.27. The highest BCUT2D eigenvalue weighted by Gasteiger charge is 2.12. The van der Waals surface area contributed by atoms with Crippen molar-refractivity contribution >= 4 is 21.7 Å². The summed E-state index contributed by atoms with van der Waals surface area (Å²) in [5.41, 5.74) is 7.62. The normalized spacial score (nSPS) is 10.4. The maximum absolute atomic E-state index is 5.93. The van der Waals surface area contributed by atoms with Gasteiger partial charge in [-0.3, -0.25) is 0 Å². The molecule has 1 heterocycles. The van der Waals surface area contributed by atoms with E-state index in [2.05, 4.69) is 20.9 Å². The van der Waals surface area contributed by atoms with E-state index in [4.69, 9.17) is 10.5 Å². The number of aryl methyl sites for hydroxylation is 1. The summed E-state index contributed by atoms with van der Waals surface area (Å²) in [6.07, 6.45) is 1.69. The highest BCUT2D eigenvalue weighted by atomic mass is 79.9. The number of nitrogens with two attached hydrogens (primary N) is 1. The third-order valence-electron chi connectivity index (χ3n) is 2.41. The standard InChI is InChI=1S/C11H12BrN3O/c1-15-6-14-10(11(15)13)8-5-7(16-2)3-4-9(8)12/h3-6H,13H2,1-2H3. The fourth-order valence-corrected chi connectivity index (χ4v) is 1.89. The Bertz CT molecular complexity index is 522. The van der Waals surface area contributed by atoms with Crippen LogP contribution >= 0.6 is 15.9 Å². The molecule has 0 unspecified atom stereocenters. The minimum absolute atomic E-state index is 0.633. The molecule has 5 heteroatoms. The molecule has 0 saturated heterocycles. The number of imidazole rings is 1. The van der Waals surface area contributed by atoms with Gasteiger partial charge in [0.2, 0.25) is 0 Å². The first-order valence-corrected chi connectivity index (χ1v) is 5.53. The number of rotatable bonds is 2. The topological polar surface area (TPSA) is 53.1 Å². The number of ether oxygens (including phenoxy) is 1. The predicted octanol–water partition coefficient (Wildman–Crippen LogP) is 2.44. The molecule has 0 atom stereocenters. The molecule has 4 nitrogen and oxygen atoms in total. The Kier molecular flexibility index (Phi) is 2.87. The lowest BCUT2D eigenvalue weighted by Crippen LogP contribution is -1.96. The van der Waals surface area contributed by atoms with Crippen LogP contribution in [0, 0.1) is 0 Å². The van der Waals surface area contributed by atoms with Crippen molar-refractivity contribution in [3.05, 3.63) is 29.0 Å². The van der Waals surface area contributed by atoms with E-state index in [0.29, 0.717) is 5.82 Å². The molecule has 0 aliphatic carbocycles. The minimum atomic E-state index is 0.633. The van der Waals surface area contributed by atoms with E-state index in [9.17, 15) is 0 Å². The second-order valence-corrected chi connectivity index (χ2v) is 4.29. The maximum atomic E-state index is 5.93. The van der Waals surface area contributed by atoms with Crippen molar-refractivity contribution in [3.8, 4) is 17.0 Å². The quantitative estimate of drug-likeness (QED) is 0.920. The van der Waals surface area contributed by atoms with E-state index >= 15 is 0 Å². The smallest absolute Gasteiger partial charge is 0.131 e. The second kappa shape index (κ2) is 4.17. The Labute approximate surface area is 102 Å². The van der Waals surface area contributed by atoms with Crippen molar-refractivity contribution in [1.29, 1.82) is 0 Å². The average molecular weight is 282 g/mol. The van der Waals surface area contributed by atoms with Crippen LogP contribution in [0.4, 0.5) is 5.82 Å². The Morgan fingerprint density at radius 1 is 1.44 bits per heavy atom. The third kappa shape index (κ3) is 1.78. The van der Waals surface area contributed by atoms with Gasteiger partial charge in [0, 0.05) is 17.1 Å². The maximum Gasteiger partial charge on any atom is 0.131 e. The van der Waals surface area contributed by atoms with Gasteiger partial charge in [0.15, 0.2) is 0 Å². The van der Waals surface area contributed by atoms with Crippen LogP contribution in [0.25, 0.3) is 11.3 Å². The monoisotopic (exact) mass is 281 g/mol. The van der Waals surface area contributed by atoms with Gasteiger partial charge in [-0.05, 0) is 18.2 Å². The molecule has 0 bridgehead atoms. The molecule has 2 N–H and O–H groups in total. The number of halogens is 1. The number of aromatic nitrogens is 2. The highest BCUT2D eigenvalue weighted by Crippen LogP contribution is 2.33. The third-order valence-corrected chi connectivity index (χ3v) is 3.10. The van der Waals surface area contributed by atoms with Crippen molar-refractivity contribution in [2.45, 2.75) is 0 Å². The molecule has 2 rings (SSSR count). The first-order chi connectivity index (χ1) is 7.63. The number of benzene rings is 1. The fraction of sp³-hybridized carbons (Fsp3) is 0.182. The molecule has 0 saturated carbocycles. The zero-order valence-electron chi connectivity index (χ0n) is 9.07. The minimum Gasteiger partial charge on any atom is -0.497 e. The average Bonchev–Trinajstić information content (AvgIpc) is 2.61. The van der Waals surface area contributed by atoms with E-state index in [1.54, 1.807) is 18.0 Å². The molecular weight excluding hydrogens is 270 g/mol. The summed E-state index contributed by atoms with van der Waals surface area (Å²) in [7, 11) is 3.49. The number of nitrogen functional groups attached to an aromatic ring is 1. The molecule has 84 valence electrons. The van der Waals surface area contributed by atoms with Gasteiger partial charge in [-0.1, -0.05) is 15.9 Å². The lowest BCUT2D eigenvalue weighted by molar-refractivity contribution is 0.415. The zero-order chi connectivity index (χ0) is 11.7. The van der Waals surface area contributed by atoms with E-state index in [-0.39, 0.29) is 0 Å². The van der Waals surface area contributed by atoms with Crippen LogP contribution in [-0.2, 0) is 7.05 Å². The number of methoxy groups -OCH3 is 1. The predicted molar refractivity (Wildman–Crippen MR) is 67.3 cm³/mol. The van der Waals surface area contributed by atoms with Crippen LogP contribution in [0.2, 0.25) is 0 Å². The largest absolute Gasteiger partial charge is 0.497 e. The molecule has 0 fully saturated rings. The van der Waals surface area contributed by atoms with Gasteiger partial charge in [-0.2, -0.15) is 0 Å². The summed E-state index contributed by atoms with van der Waals surface area (Å²) in [5, 5.41) is 0. The second-order valence-electron chi connectivity index (χ2n) is 3.44. The molecule has 1 aromatic carbocycles. The van der Waals surface area contributed by atoms with Gasteiger partial charge in [0.25, 0.3) is 0 Å². The Morgan fingerprint density at radius 2 is 2.19 bits per heavy atom. The lowest BCUT2D eigenvalue weighted by atomic mass is 10.1. The van der Waals surface area contributed by atoms with Gasteiger partial charge >= 0.3 is 0 Å². The van der Waals surface area contributed by atoms with Crippen LogP contribution in [0.3, 0.4) is 0 Å². The number of hydrogen-bond donors (Lipinski definition) is 1. The number of anilines is 1. The van der Waals surface area contributed by atoms with Crippen molar-refractivity contribution in [1.82, 2.24) is 9.55 Å². The number of nitrogens with zero attached hydrogens (tertiary/aromatic N) is 2. The number of hydrogen-bond acceptors (Lipinski definition) is 3. The van der Waals surface area contributed by atoms with Crippen LogP contribution < -0.4 is 10.5 Å². The van der Waals surface area contributed by atoms with Gasteiger partial charge < -0.3 is 15.0 Å². The van der Waals surface area contributed by atoms with Gasteiger partial charge in [-0.15, -0.1) is 0 Å². The summed E-state index contributed by atoms with van der Waals surface area (Å²) in [6, 6.07) is 5.71. The van der Waals surface area contributed by atoms with Gasteiger partial charge in [0.1, 0.15) is 17.3 Å². The highest BCUT2D eigenvalue weighted by molar-refractivity contribution is 9.10. The van der Waals surface area contributed by atoms with Crippen LogP contribution in [0.5, 0.6) is 5.75 Å². The van der Waals surface area contributed by atoms with E-state index in [1.165, 1.54) is 0 Å². The Balaban J connectivity index is 2.59. The molecule has 1 aromatic heterocycles. The van der Waals surface area contributed by atoms with Crippen molar-refractivity contribution in [3.63, 3.8) is 0 Å². The van der Waals surface area contributed by atoms with Crippen LogP contribution in [0.1, 0.15) is 0 Å². The summed E-state index contributed by atoms with van der Waals surface area (Å²) in [5.74, 6) is 1.41. The molecule has 0 aliphatic rings. The van der Waals surface area contributed by atoms with Crippen molar-refractivity contribution < 1.29 is 4.74 Å². The molecule has 0 radical (unpaired) electrons. The molecule has 2 aromatic rings. The lowest BCUT2D eigenvalue weighted by Gasteiger charge is -2.06. The summed E-state index contributed by atoms with van der Waals surface area (Å²) in [6.45, 7) is 0. The zero-order valence-corrected chi connectivity index (χ0v) is 10.7. The summed E-state index contributed by atoms with van der Waals surface area (Å²) < 4.78 is 7.90. The van der Waals surface area contributed by atoms with Gasteiger partial charge in [-0.25, -0.2) is 4.98 Å². The molecule has 0 amide bonds. The van der Waals surface area contributed by atoms with Crippen LogP contribution in [0.15, 0.2) is 29.0 Å². The first kappa shape index (κ1) is 11.0. The molecular formula is C11H12BrN3O. The van der Waals surface area contributed by atoms with Crippen molar-refractivity contribution in [2.24, 2.45) is 7.05 Å². The molecule has 0 spiro atoms. The molecule has 0 aliphatic heterocycles. The summed E-state index contributed by atoms with van der Waals surface area (Å²) >= 11 is 3.48. The SMILES string of the molecule is COc1ccc(Br)c(-c2ncn(C)c2N)c1. The first-order valence-electron chi connectivity index (χ1n) is 4.74.